The summed E-state index contributed by atoms with van der Waals surface area (Å²) in [6, 6.07) is 11.7. The highest BCUT2D eigenvalue weighted by atomic mass is 19.1. The molecule has 33 heavy (non-hydrogen) atoms. The standard InChI is InChI=1S/C24H24FN7O/c1-30(19-10-12-32(14-19)23-20-9-11-26-22(20)28-15-29-23)21-8-3-16(13-27-21)24(33)31(2)18-6-4-17(25)5-7-18/h3-9,11,13,15,19H,10,12,14H2,1-2H3,(H,26,28,29). The molecule has 4 aromatic rings. The summed E-state index contributed by atoms with van der Waals surface area (Å²) in [6.45, 7) is 1.72. The van der Waals surface area contributed by atoms with Crippen molar-refractivity contribution in [2.75, 3.05) is 41.9 Å². The number of anilines is 3. The highest BCUT2D eigenvalue weighted by Gasteiger charge is 2.28. The first-order valence-electron chi connectivity index (χ1n) is 10.8. The first-order valence-corrected chi connectivity index (χ1v) is 10.8. The smallest absolute Gasteiger partial charge is 0.259 e. The van der Waals surface area contributed by atoms with Crippen molar-refractivity contribution in [3.05, 3.63) is 72.6 Å². The molecule has 8 nitrogen and oxygen atoms in total. The van der Waals surface area contributed by atoms with Gasteiger partial charge in [0.2, 0.25) is 0 Å². The molecule has 5 rings (SSSR count). The molecule has 1 aromatic carbocycles. The van der Waals surface area contributed by atoms with E-state index in [2.05, 4.69) is 29.7 Å². The molecule has 4 heterocycles. The second-order valence-electron chi connectivity index (χ2n) is 8.18. The number of likely N-dealkylation sites (N-methyl/N-ethyl adjacent to an activating group) is 1. The van der Waals surface area contributed by atoms with Gasteiger partial charge in [-0.15, -0.1) is 0 Å². The molecule has 0 radical (unpaired) electrons. The molecule has 1 saturated heterocycles. The number of halogens is 1. The van der Waals surface area contributed by atoms with Crippen LogP contribution in [-0.4, -0.2) is 59.1 Å². The minimum Gasteiger partial charge on any atom is -0.355 e. The fraction of sp³-hybridized carbons (Fsp3) is 0.250. The van der Waals surface area contributed by atoms with Crippen LogP contribution in [0.1, 0.15) is 16.8 Å². The lowest BCUT2D eigenvalue weighted by Crippen LogP contribution is -2.35. The third kappa shape index (κ3) is 3.97. The van der Waals surface area contributed by atoms with Gasteiger partial charge < -0.3 is 19.7 Å². The number of carbonyl (C=O) groups excluding carboxylic acids is 1. The van der Waals surface area contributed by atoms with Crippen molar-refractivity contribution in [1.29, 1.82) is 0 Å². The Labute approximate surface area is 190 Å². The Bertz CT molecular complexity index is 1270. The van der Waals surface area contributed by atoms with Crippen LogP contribution in [0.15, 0.2) is 61.2 Å². The Morgan fingerprint density at radius 1 is 1.09 bits per heavy atom. The fourth-order valence-electron chi connectivity index (χ4n) is 4.24. The average molecular weight is 446 g/mol. The van der Waals surface area contributed by atoms with Crippen LogP contribution >= 0.6 is 0 Å². The molecule has 0 bridgehead atoms. The molecule has 9 heteroatoms. The number of hydrogen-bond acceptors (Lipinski definition) is 6. The molecule has 1 aliphatic rings. The van der Waals surface area contributed by atoms with Crippen LogP contribution in [0.4, 0.5) is 21.7 Å². The van der Waals surface area contributed by atoms with Gasteiger partial charge in [-0.25, -0.2) is 19.3 Å². The number of pyridine rings is 1. The van der Waals surface area contributed by atoms with E-state index in [1.54, 1.807) is 37.8 Å². The normalized spacial score (nSPS) is 15.7. The summed E-state index contributed by atoms with van der Waals surface area (Å²) < 4.78 is 13.2. The lowest BCUT2D eigenvalue weighted by molar-refractivity contribution is 0.0992. The third-order valence-corrected chi connectivity index (χ3v) is 6.22. The number of H-pyrrole nitrogens is 1. The maximum atomic E-state index is 13.2. The van der Waals surface area contributed by atoms with Crippen molar-refractivity contribution < 1.29 is 9.18 Å². The highest BCUT2D eigenvalue weighted by Crippen LogP contribution is 2.28. The second kappa shape index (κ2) is 8.50. The molecular weight excluding hydrogens is 421 g/mol. The van der Waals surface area contributed by atoms with E-state index >= 15 is 0 Å². The number of carbonyl (C=O) groups is 1. The molecule has 3 aromatic heterocycles. The summed E-state index contributed by atoms with van der Waals surface area (Å²) in [5.74, 6) is 1.21. The largest absolute Gasteiger partial charge is 0.355 e. The SMILES string of the molecule is CN(C(=O)c1ccc(N(C)C2CCN(c3ncnc4[nH]ccc34)C2)nc1)c1ccc(F)cc1. The van der Waals surface area contributed by atoms with E-state index < -0.39 is 0 Å². The topological polar surface area (TPSA) is 81.3 Å². The van der Waals surface area contributed by atoms with Crippen molar-refractivity contribution in [2.24, 2.45) is 0 Å². The van der Waals surface area contributed by atoms with Crippen LogP contribution in [-0.2, 0) is 0 Å². The van der Waals surface area contributed by atoms with Gasteiger partial charge in [-0.3, -0.25) is 4.79 Å². The second-order valence-corrected chi connectivity index (χ2v) is 8.18. The van der Waals surface area contributed by atoms with E-state index in [0.29, 0.717) is 11.3 Å². The van der Waals surface area contributed by atoms with E-state index in [-0.39, 0.29) is 17.8 Å². The number of nitrogens with zero attached hydrogens (tertiary/aromatic N) is 6. The van der Waals surface area contributed by atoms with E-state index in [1.165, 1.54) is 17.0 Å². The molecular formula is C24H24FN7O. The minimum absolute atomic E-state index is 0.199. The Balaban J connectivity index is 1.27. The van der Waals surface area contributed by atoms with Crippen LogP contribution in [0, 0.1) is 5.82 Å². The van der Waals surface area contributed by atoms with Crippen LogP contribution in [0.2, 0.25) is 0 Å². The van der Waals surface area contributed by atoms with Gasteiger partial charge in [-0.05, 0) is 48.9 Å². The number of fused-ring (bicyclic) bond motifs is 1. The van der Waals surface area contributed by atoms with Crippen molar-refractivity contribution in [1.82, 2.24) is 19.9 Å². The van der Waals surface area contributed by atoms with Crippen LogP contribution in [0.5, 0.6) is 0 Å². The van der Waals surface area contributed by atoms with Gasteiger partial charge in [0.15, 0.2) is 0 Å². The molecule has 1 fully saturated rings. The lowest BCUT2D eigenvalue weighted by Gasteiger charge is -2.26. The van der Waals surface area contributed by atoms with Gasteiger partial charge in [0.25, 0.3) is 5.91 Å². The highest BCUT2D eigenvalue weighted by molar-refractivity contribution is 6.05. The molecule has 168 valence electrons. The summed E-state index contributed by atoms with van der Waals surface area (Å²) in [4.78, 5) is 35.2. The van der Waals surface area contributed by atoms with Gasteiger partial charge in [-0.1, -0.05) is 0 Å². The number of nitrogens with one attached hydrogen (secondary N) is 1. The number of aromatic nitrogens is 4. The van der Waals surface area contributed by atoms with Gasteiger partial charge >= 0.3 is 0 Å². The quantitative estimate of drug-likeness (QED) is 0.507. The fourth-order valence-corrected chi connectivity index (χ4v) is 4.24. The summed E-state index contributed by atoms with van der Waals surface area (Å²) in [5, 5.41) is 1.02. The van der Waals surface area contributed by atoms with E-state index in [1.807, 2.05) is 25.4 Å². The summed E-state index contributed by atoms with van der Waals surface area (Å²) in [5.41, 5.74) is 1.93. The number of aromatic amines is 1. The Morgan fingerprint density at radius 2 is 1.91 bits per heavy atom. The summed E-state index contributed by atoms with van der Waals surface area (Å²) >= 11 is 0. The van der Waals surface area contributed by atoms with E-state index in [9.17, 15) is 9.18 Å². The zero-order valence-corrected chi connectivity index (χ0v) is 18.4. The molecule has 0 saturated carbocycles. The maximum absolute atomic E-state index is 13.2. The Kier molecular flexibility index (Phi) is 5.37. The van der Waals surface area contributed by atoms with Crippen LogP contribution < -0.4 is 14.7 Å². The lowest BCUT2D eigenvalue weighted by atomic mass is 10.2. The first kappa shape index (κ1) is 20.9. The van der Waals surface area contributed by atoms with Gasteiger partial charge in [0.1, 0.15) is 29.4 Å². The number of benzene rings is 1. The molecule has 1 aliphatic heterocycles. The van der Waals surface area contributed by atoms with Crippen molar-refractivity contribution in [3.63, 3.8) is 0 Å². The Morgan fingerprint density at radius 3 is 2.67 bits per heavy atom. The maximum Gasteiger partial charge on any atom is 0.259 e. The third-order valence-electron chi connectivity index (χ3n) is 6.22. The minimum atomic E-state index is -0.337. The molecule has 1 atom stereocenters. The zero-order chi connectivity index (χ0) is 22.9. The van der Waals surface area contributed by atoms with Gasteiger partial charge in [-0.2, -0.15) is 0 Å². The van der Waals surface area contributed by atoms with E-state index in [0.717, 1.165) is 42.2 Å². The first-order chi connectivity index (χ1) is 16.0. The van der Waals surface area contributed by atoms with Crippen LogP contribution in [0.25, 0.3) is 11.0 Å². The van der Waals surface area contributed by atoms with Crippen molar-refractivity contribution in [2.45, 2.75) is 12.5 Å². The van der Waals surface area contributed by atoms with Gasteiger partial charge in [0, 0.05) is 51.3 Å². The van der Waals surface area contributed by atoms with Crippen LogP contribution in [0.3, 0.4) is 0 Å². The molecule has 0 aliphatic carbocycles. The predicted octanol–water partition coefficient (Wildman–Crippen LogP) is 3.48. The zero-order valence-electron chi connectivity index (χ0n) is 18.4. The molecule has 1 amide bonds. The van der Waals surface area contributed by atoms with E-state index in [4.69, 9.17) is 0 Å². The van der Waals surface area contributed by atoms with Crippen molar-refractivity contribution >= 4 is 34.3 Å². The predicted molar refractivity (Wildman–Crippen MR) is 126 cm³/mol. The van der Waals surface area contributed by atoms with Crippen molar-refractivity contribution in [3.8, 4) is 0 Å². The summed E-state index contributed by atoms with van der Waals surface area (Å²) in [6.07, 6.45) is 6.03. The number of hydrogen-bond donors (Lipinski definition) is 1. The number of rotatable bonds is 5. The number of amides is 1. The van der Waals surface area contributed by atoms with Gasteiger partial charge in [0.05, 0.1) is 10.9 Å². The monoisotopic (exact) mass is 445 g/mol. The molecule has 1 unspecified atom stereocenters. The Hall–Kier alpha value is -4.01. The summed E-state index contributed by atoms with van der Waals surface area (Å²) in [7, 11) is 3.69. The average Bonchev–Trinajstić information content (AvgIpc) is 3.53. The molecule has 1 N–H and O–H groups in total. The molecule has 0 spiro atoms.